The van der Waals surface area contributed by atoms with Crippen molar-refractivity contribution in [3.8, 4) is 11.8 Å². The van der Waals surface area contributed by atoms with Crippen LogP contribution in [-0.2, 0) is 19.1 Å². The SMILES string of the molecule is COC(=O)C1=C(C(=O)OC)N(c2c(O)cc(F)cc2I)C(N)=C(C#N)C1c1ccccc1. The van der Waals surface area contributed by atoms with Crippen molar-refractivity contribution in [2.45, 2.75) is 5.92 Å². The average Bonchev–Trinajstić information content (AvgIpc) is 2.78. The monoisotopic (exact) mass is 549 g/mol. The number of phenols is 1. The first kappa shape index (κ1) is 23.1. The van der Waals surface area contributed by atoms with Crippen LogP contribution >= 0.6 is 22.6 Å². The molecule has 0 saturated carbocycles. The Morgan fingerprint density at radius 1 is 1.19 bits per heavy atom. The summed E-state index contributed by atoms with van der Waals surface area (Å²) in [6.07, 6.45) is 0. The predicted molar refractivity (Wildman–Crippen MR) is 120 cm³/mol. The maximum absolute atomic E-state index is 13.8. The molecule has 32 heavy (non-hydrogen) atoms. The van der Waals surface area contributed by atoms with E-state index in [0.717, 1.165) is 31.3 Å². The number of ether oxygens (including phenoxy) is 2. The number of hydrogen-bond acceptors (Lipinski definition) is 8. The first-order valence-corrected chi connectivity index (χ1v) is 10.2. The number of phenolic OH excluding ortho intramolecular Hbond substituents is 1. The summed E-state index contributed by atoms with van der Waals surface area (Å²) in [7, 11) is 2.23. The summed E-state index contributed by atoms with van der Waals surface area (Å²) < 4.78 is 23.8. The second-order valence-corrected chi connectivity index (χ2v) is 7.75. The molecular formula is C22H17FIN3O5. The number of carbonyl (C=O) groups excluding carboxylic acids is 2. The van der Waals surface area contributed by atoms with Crippen molar-refractivity contribution in [1.82, 2.24) is 0 Å². The summed E-state index contributed by atoms with van der Waals surface area (Å²) in [5.41, 5.74) is 6.12. The Balaban J connectivity index is 2.48. The van der Waals surface area contributed by atoms with Gasteiger partial charge in [0.2, 0.25) is 0 Å². The van der Waals surface area contributed by atoms with Crippen LogP contribution in [0.15, 0.2) is 65.1 Å². The second kappa shape index (κ2) is 9.27. The lowest BCUT2D eigenvalue weighted by Crippen LogP contribution is -2.41. The first-order chi connectivity index (χ1) is 15.3. The molecule has 8 nitrogen and oxygen atoms in total. The quantitative estimate of drug-likeness (QED) is 0.441. The van der Waals surface area contributed by atoms with Crippen LogP contribution in [0.25, 0.3) is 0 Å². The third-order valence-corrected chi connectivity index (χ3v) is 5.66. The van der Waals surface area contributed by atoms with E-state index in [0.29, 0.717) is 5.56 Å². The van der Waals surface area contributed by atoms with Gasteiger partial charge in [0.15, 0.2) is 0 Å². The number of rotatable bonds is 4. The van der Waals surface area contributed by atoms with Gasteiger partial charge in [-0.3, -0.25) is 4.90 Å². The van der Waals surface area contributed by atoms with Gasteiger partial charge in [0.25, 0.3) is 0 Å². The standard InChI is InChI=1S/C22H17FIN3O5/c1-31-21(29)17-16(11-6-4-3-5-7-11)13(10-25)20(26)27(19(17)22(30)32-2)18-14(24)8-12(23)9-15(18)28/h3-9,16,28H,26H2,1-2H3. The molecule has 10 heteroatoms. The number of halogens is 2. The zero-order valence-electron chi connectivity index (χ0n) is 16.9. The highest BCUT2D eigenvalue weighted by Crippen LogP contribution is 2.46. The summed E-state index contributed by atoms with van der Waals surface area (Å²) in [5.74, 6) is -4.42. The molecule has 0 aromatic heterocycles. The number of hydrogen-bond donors (Lipinski definition) is 2. The van der Waals surface area contributed by atoms with Gasteiger partial charge in [-0.2, -0.15) is 5.26 Å². The van der Waals surface area contributed by atoms with Gasteiger partial charge in [0.05, 0.1) is 37.4 Å². The fourth-order valence-electron chi connectivity index (χ4n) is 3.52. The van der Waals surface area contributed by atoms with Crippen LogP contribution in [0.2, 0.25) is 0 Å². The molecule has 0 saturated heterocycles. The molecule has 0 radical (unpaired) electrons. The maximum Gasteiger partial charge on any atom is 0.355 e. The van der Waals surface area contributed by atoms with Crippen molar-refractivity contribution in [2.75, 3.05) is 19.1 Å². The van der Waals surface area contributed by atoms with E-state index >= 15 is 0 Å². The zero-order chi connectivity index (χ0) is 23.6. The number of carbonyl (C=O) groups is 2. The van der Waals surface area contributed by atoms with Crippen LogP contribution < -0.4 is 10.6 Å². The van der Waals surface area contributed by atoms with Crippen molar-refractivity contribution < 1.29 is 28.6 Å². The highest BCUT2D eigenvalue weighted by atomic mass is 127. The fraction of sp³-hybridized carbons (Fsp3) is 0.136. The van der Waals surface area contributed by atoms with Gasteiger partial charge >= 0.3 is 11.9 Å². The molecule has 1 aliphatic rings. The largest absolute Gasteiger partial charge is 0.506 e. The summed E-state index contributed by atoms with van der Waals surface area (Å²) in [6, 6.07) is 12.4. The topological polar surface area (TPSA) is 126 Å². The van der Waals surface area contributed by atoms with Gasteiger partial charge in [-0.15, -0.1) is 0 Å². The van der Waals surface area contributed by atoms with Gasteiger partial charge in [-0.1, -0.05) is 30.3 Å². The zero-order valence-corrected chi connectivity index (χ0v) is 19.1. The molecule has 1 atom stereocenters. The normalized spacial score (nSPS) is 16.0. The first-order valence-electron chi connectivity index (χ1n) is 9.10. The van der Waals surface area contributed by atoms with Gasteiger partial charge in [0.1, 0.15) is 28.8 Å². The summed E-state index contributed by atoms with van der Waals surface area (Å²) in [5, 5.41) is 20.5. The molecule has 1 aliphatic heterocycles. The number of aromatic hydroxyl groups is 1. The van der Waals surface area contributed by atoms with Crippen molar-refractivity contribution in [2.24, 2.45) is 5.73 Å². The molecule has 3 N–H and O–H groups in total. The van der Waals surface area contributed by atoms with E-state index in [-0.39, 0.29) is 31.9 Å². The molecule has 3 rings (SSSR count). The Bertz CT molecular complexity index is 1180. The summed E-state index contributed by atoms with van der Waals surface area (Å²) in [6.45, 7) is 0. The van der Waals surface area contributed by atoms with E-state index < -0.39 is 29.4 Å². The van der Waals surface area contributed by atoms with Gasteiger partial charge in [-0.05, 0) is 34.2 Å². The summed E-state index contributed by atoms with van der Waals surface area (Å²) in [4.78, 5) is 26.9. The molecule has 164 valence electrons. The minimum Gasteiger partial charge on any atom is -0.506 e. The molecule has 2 aromatic carbocycles. The fourth-order valence-corrected chi connectivity index (χ4v) is 4.33. The second-order valence-electron chi connectivity index (χ2n) is 6.59. The van der Waals surface area contributed by atoms with E-state index in [4.69, 9.17) is 15.2 Å². The van der Waals surface area contributed by atoms with Crippen LogP contribution in [0.5, 0.6) is 5.75 Å². The van der Waals surface area contributed by atoms with Crippen LogP contribution in [0, 0.1) is 20.7 Å². The van der Waals surface area contributed by atoms with E-state index in [9.17, 15) is 24.3 Å². The maximum atomic E-state index is 13.8. The number of methoxy groups -OCH3 is 2. The van der Waals surface area contributed by atoms with Crippen molar-refractivity contribution >= 4 is 40.2 Å². The Hall–Kier alpha value is -3.59. The number of benzene rings is 2. The lowest BCUT2D eigenvalue weighted by molar-refractivity contribution is -0.139. The third kappa shape index (κ3) is 3.87. The molecular weight excluding hydrogens is 532 g/mol. The lowest BCUT2D eigenvalue weighted by atomic mass is 9.81. The predicted octanol–water partition coefficient (Wildman–Crippen LogP) is 3.03. The molecule has 0 amide bonds. The van der Waals surface area contributed by atoms with Crippen LogP contribution in [0.3, 0.4) is 0 Å². The molecule has 1 heterocycles. The molecule has 0 fully saturated rings. The number of nitriles is 1. The van der Waals surface area contributed by atoms with E-state index in [1.165, 1.54) is 0 Å². The smallest absolute Gasteiger partial charge is 0.355 e. The van der Waals surface area contributed by atoms with E-state index in [1.54, 1.807) is 52.9 Å². The van der Waals surface area contributed by atoms with Crippen molar-refractivity contribution in [1.29, 1.82) is 5.26 Å². The summed E-state index contributed by atoms with van der Waals surface area (Å²) >= 11 is 1.75. The van der Waals surface area contributed by atoms with Crippen LogP contribution in [0.4, 0.5) is 10.1 Å². The molecule has 2 aromatic rings. The lowest BCUT2D eigenvalue weighted by Gasteiger charge is -2.36. The van der Waals surface area contributed by atoms with Crippen LogP contribution in [-0.4, -0.2) is 31.3 Å². The molecule has 1 unspecified atom stereocenters. The van der Waals surface area contributed by atoms with E-state index in [1.807, 2.05) is 6.07 Å². The Labute approximate surface area is 196 Å². The number of anilines is 1. The molecule has 0 spiro atoms. The van der Waals surface area contributed by atoms with Gasteiger partial charge in [0, 0.05) is 9.64 Å². The Morgan fingerprint density at radius 2 is 1.81 bits per heavy atom. The number of esters is 2. The molecule has 0 aliphatic carbocycles. The highest BCUT2D eigenvalue weighted by Gasteiger charge is 2.44. The van der Waals surface area contributed by atoms with Crippen LogP contribution in [0.1, 0.15) is 11.5 Å². The van der Waals surface area contributed by atoms with Gasteiger partial charge < -0.3 is 20.3 Å². The van der Waals surface area contributed by atoms with E-state index in [2.05, 4.69) is 0 Å². The van der Waals surface area contributed by atoms with Gasteiger partial charge in [-0.25, -0.2) is 14.0 Å². The molecule has 0 bridgehead atoms. The number of nitrogens with zero attached hydrogens (tertiary/aromatic N) is 2. The average molecular weight is 549 g/mol. The Kier molecular flexibility index (Phi) is 6.69. The number of nitrogens with two attached hydrogens (primary N) is 1. The minimum atomic E-state index is -1.04. The minimum absolute atomic E-state index is 0.0659. The van der Waals surface area contributed by atoms with Crippen molar-refractivity contribution in [3.63, 3.8) is 0 Å². The Morgan fingerprint density at radius 3 is 2.34 bits per heavy atom. The van der Waals surface area contributed by atoms with Crippen molar-refractivity contribution in [3.05, 3.63) is 80.1 Å². The third-order valence-electron chi connectivity index (χ3n) is 4.84. The highest BCUT2D eigenvalue weighted by molar-refractivity contribution is 14.1. The number of allylic oxidation sites excluding steroid dienone is 1.